The number of pyridine rings is 1. The van der Waals surface area contributed by atoms with E-state index in [0.29, 0.717) is 0 Å². The van der Waals surface area contributed by atoms with Gasteiger partial charge in [0, 0.05) is 25.1 Å². The maximum absolute atomic E-state index is 6.28. The smallest absolute Gasteiger partial charge is 0.128 e. The summed E-state index contributed by atoms with van der Waals surface area (Å²) in [6.45, 7) is 4.92. The van der Waals surface area contributed by atoms with Crippen LogP contribution in [0.15, 0.2) is 37.2 Å². The number of halogens is 1. The highest BCUT2D eigenvalue weighted by atomic mass is 35.5. The molecule has 3 heterocycles. The molecule has 0 aliphatic carbocycles. The molecule has 0 aliphatic heterocycles. The lowest BCUT2D eigenvalue weighted by Gasteiger charge is -2.19. The Balaban J connectivity index is 2.06. The highest BCUT2D eigenvalue weighted by Gasteiger charge is 2.19. The first-order valence-electron chi connectivity index (χ1n) is 6.58. The number of aromatic nitrogens is 5. The molecule has 3 aromatic heterocycles. The molecule has 0 saturated carbocycles. The molecule has 0 aliphatic rings. The molecule has 5 nitrogen and oxygen atoms in total. The Kier molecular flexibility index (Phi) is 3.44. The predicted octanol–water partition coefficient (Wildman–Crippen LogP) is 3.19. The van der Waals surface area contributed by atoms with Gasteiger partial charge in [-0.2, -0.15) is 0 Å². The summed E-state index contributed by atoms with van der Waals surface area (Å²) in [6, 6.07) is 2.21. The third-order valence-corrected chi connectivity index (χ3v) is 3.55. The fourth-order valence-electron chi connectivity index (χ4n) is 2.49. The molecule has 0 amide bonds. The Morgan fingerprint density at radius 2 is 2.10 bits per heavy atom. The van der Waals surface area contributed by atoms with E-state index in [2.05, 4.69) is 31.0 Å². The van der Waals surface area contributed by atoms with Crippen LogP contribution < -0.4 is 0 Å². The molecule has 0 spiro atoms. The minimum absolute atomic E-state index is 0.146. The van der Waals surface area contributed by atoms with Crippen LogP contribution >= 0.6 is 11.6 Å². The van der Waals surface area contributed by atoms with Crippen LogP contribution in [0.4, 0.5) is 0 Å². The Bertz CT molecular complexity index is 702. The van der Waals surface area contributed by atoms with E-state index >= 15 is 0 Å². The summed E-state index contributed by atoms with van der Waals surface area (Å²) in [5.74, 6) is 0.877. The predicted molar refractivity (Wildman–Crippen MR) is 78.7 cm³/mol. The van der Waals surface area contributed by atoms with Gasteiger partial charge in [-0.1, -0.05) is 0 Å². The molecule has 0 bridgehead atoms. The molecule has 3 rings (SSSR count). The molecule has 2 unspecified atom stereocenters. The van der Waals surface area contributed by atoms with Gasteiger partial charge in [0.1, 0.15) is 11.3 Å². The quantitative estimate of drug-likeness (QED) is 0.693. The van der Waals surface area contributed by atoms with E-state index in [-0.39, 0.29) is 11.4 Å². The van der Waals surface area contributed by atoms with E-state index in [9.17, 15) is 0 Å². The van der Waals surface area contributed by atoms with Gasteiger partial charge in [0.25, 0.3) is 0 Å². The normalized spacial score (nSPS) is 14.6. The van der Waals surface area contributed by atoms with Crippen LogP contribution in [-0.4, -0.2) is 24.1 Å². The molecular formula is C14H16ClN5. The van der Waals surface area contributed by atoms with Crippen LogP contribution in [0.25, 0.3) is 11.0 Å². The first-order chi connectivity index (χ1) is 9.66. The lowest BCUT2D eigenvalue weighted by molar-refractivity contribution is 0.460. The number of nitrogens with zero attached hydrogens (tertiary/aromatic N) is 5. The second kappa shape index (κ2) is 5.25. The second-order valence-corrected chi connectivity index (χ2v) is 5.58. The molecule has 3 aromatic rings. The molecule has 2 atom stereocenters. The average Bonchev–Trinajstić information content (AvgIpc) is 3.04. The van der Waals surface area contributed by atoms with E-state index in [1.807, 2.05) is 25.5 Å². The molecule has 20 heavy (non-hydrogen) atoms. The van der Waals surface area contributed by atoms with E-state index in [4.69, 9.17) is 11.6 Å². The summed E-state index contributed by atoms with van der Waals surface area (Å²) in [5.41, 5.74) is 1.95. The van der Waals surface area contributed by atoms with Crippen molar-refractivity contribution in [3.8, 4) is 0 Å². The van der Waals surface area contributed by atoms with Gasteiger partial charge in [0.05, 0.1) is 29.5 Å². The second-order valence-electron chi connectivity index (χ2n) is 4.93. The van der Waals surface area contributed by atoms with Gasteiger partial charge in [-0.25, -0.2) is 9.97 Å². The van der Waals surface area contributed by atoms with Crippen molar-refractivity contribution in [1.29, 1.82) is 0 Å². The van der Waals surface area contributed by atoms with Gasteiger partial charge in [-0.05, 0) is 19.9 Å². The standard InChI is InChI=1S/C14H16ClN5/c1-10(8-19-6-5-17-9-19)20-13-3-4-16-7-12(13)18-14(20)11(2)15/h3-7,9-11H,8H2,1-2H3. The lowest BCUT2D eigenvalue weighted by Crippen LogP contribution is -2.15. The van der Waals surface area contributed by atoms with Crippen molar-refractivity contribution in [2.45, 2.75) is 31.8 Å². The fourth-order valence-corrected chi connectivity index (χ4v) is 2.65. The third kappa shape index (κ3) is 2.29. The number of alkyl halides is 1. The maximum atomic E-state index is 6.28. The first-order valence-corrected chi connectivity index (χ1v) is 7.02. The van der Waals surface area contributed by atoms with Crippen LogP contribution in [0, 0.1) is 0 Å². The van der Waals surface area contributed by atoms with E-state index < -0.39 is 0 Å². The van der Waals surface area contributed by atoms with Crippen molar-refractivity contribution >= 4 is 22.6 Å². The lowest BCUT2D eigenvalue weighted by atomic mass is 10.3. The summed E-state index contributed by atoms with van der Waals surface area (Å²) in [4.78, 5) is 12.8. The minimum Gasteiger partial charge on any atom is -0.335 e. The van der Waals surface area contributed by atoms with Gasteiger partial charge in [-0.15, -0.1) is 11.6 Å². The number of imidazole rings is 2. The van der Waals surface area contributed by atoms with Crippen LogP contribution in [0.1, 0.15) is 31.1 Å². The zero-order chi connectivity index (χ0) is 14.1. The largest absolute Gasteiger partial charge is 0.335 e. The SMILES string of the molecule is CC(Cl)c1nc2cnccc2n1C(C)Cn1ccnc1. The maximum Gasteiger partial charge on any atom is 0.128 e. The van der Waals surface area contributed by atoms with Crippen molar-refractivity contribution in [3.05, 3.63) is 43.0 Å². The summed E-state index contributed by atoms with van der Waals surface area (Å²) >= 11 is 6.28. The molecule has 0 radical (unpaired) electrons. The zero-order valence-corrected chi connectivity index (χ0v) is 12.2. The van der Waals surface area contributed by atoms with E-state index in [1.165, 1.54) is 0 Å². The molecule has 0 fully saturated rings. The Hall–Kier alpha value is -1.88. The van der Waals surface area contributed by atoms with E-state index in [1.54, 1.807) is 18.6 Å². The molecule has 6 heteroatoms. The van der Waals surface area contributed by atoms with Crippen molar-refractivity contribution in [3.63, 3.8) is 0 Å². The molecule has 0 N–H and O–H groups in total. The molecular weight excluding hydrogens is 274 g/mol. The average molecular weight is 290 g/mol. The minimum atomic E-state index is -0.146. The monoisotopic (exact) mass is 289 g/mol. The van der Waals surface area contributed by atoms with Gasteiger partial charge in [-0.3, -0.25) is 4.98 Å². The van der Waals surface area contributed by atoms with Crippen molar-refractivity contribution < 1.29 is 0 Å². The van der Waals surface area contributed by atoms with E-state index in [0.717, 1.165) is 23.4 Å². The topological polar surface area (TPSA) is 48.5 Å². The number of hydrogen-bond acceptors (Lipinski definition) is 3. The van der Waals surface area contributed by atoms with Crippen LogP contribution in [0.5, 0.6) is 0 Å². The fraction of sp³-hybridized carbons (Fsp3) is 0.357. The molecule has 0 saturated heterocycles. The van der Waals surface area contributed by atoms with Gasteiger partial charge in [0.15, 0.2) is 0 Å². The Morgan fingerprint density at radius 3 is 2.80 bits per heavy atom. The summed E-state index contributed by atoms with van der Waals surface area (Å²) in [7, 11) is 0. The van der Waals surface area contributed by atoms with Crippen molar-refractivity contribution in [1.82, 2.24) is 24.1 Å². The van der Waals surface area contributed by atoms with Crippen molar-refractivity contribution in [2.24, 2.45) is 0 Å². The summed E-state index contributed by atoms with van der Waals surface area (Å²) < 4.78 is 4.25. The van der Waals surface area contributed by atoms with Crippen LogP contribution in [-0.2, 0) is 6.54 Å². The Morgan fingerprint density at radius 1 is 1.25 bits per heavy atom. The number of hydrogen-bond donors (Lipinski definition) is 0. The molecule has 104 valence electrons. The number of rotatable bonds is 4. The van der Waals surface area contributed by atoms with Crippen LogP contribution in [0.3, 0.4) is 0 Å². The molecule has 0 aromatic carbocycles. The van der Waals surface area contributed by atoms with Gasteiger partial charge < -0.3 is 9.13 Å². The number of fused-ring (bicyclic) bond motifs is 1. The highest BCUT2D eigenvalue weighted by molar-refractivity contribution is 6.20. The van der Waals surface area contributed by atoms with Gasteiger partial charge >= 0.3 is 0 Å². The third-order valence-electron chi connectivity index (χ3n) is 3.35. The summed E-state index contributed by atoms with van der Waals surface area (Å²) in [5, 5.41) is -0.146. The zero-order valence-electron chi connectivity index (χ0n) is 11.4. The first kappa shape index (κ1) is 13.1. The van der Waals surface area contributed by atoms with Crippen LogP contribution in [0.2, 0.25) is 0 Å². The summed E-state index contributed by atoms with van der Waals surface area (Å²) in [6.07, 6.45) is 9.13. The van der Waals surface area contributed by atoms with Crippen molar-refractivity contribution in [2.75, 3.05) is 0 Å². The highest BCUT2D eigenvalue weighted by Crippen LogP contribution is 2.28. The van der Waals surface area contributed by atoms with Gasteiger partial charge in [0.2, 0.25) is 0 Å². The Labute approximate surface area is 122 Å².